The maximum absolute atomic E-state index is 12.5. The summed E-state index contributed by atoms with van der Waals surface area (Å²) in [6.07, 6.45) is 5.64. The van der Waals surface area contributed by atoms with Crippen LogP contribution in [-0.4, -0.2) is 15.0 Å². The summed E-state index contributed by atoms with van der Waals surface area (Å²) in [5.74, 6) is -0.0762. The lowest BCUT2D eigenvalue weighted by atomic mass is 9.73. The third kappa shape index (κ3) is 4.20. The maximum atomic E-state index is 12.5. The first-order chi connectivity index (χ1) is 11.5. The van der Waals surface area contributed by atoms with E-state index >= 15 is 0 Å². The normalized spacial score (nSPS) is 17.7. The van der Waals surface area contributed by atoms with Crippen molar-refractivity contribution in [3.05, 3.63) is 57.2 Å². The molecule has 0 amide bonds. The number of hydrogen-bond acceptors (Lipinski definition) is 3. The summed E-state index contributed by atoms with van der Waals surface area (Å²) in [5.41, 5.74) is 0.584. The van der Waals surface area contributed by atoms with E-state index in [0.29, 0.717) is 17.1 Å². The first-order valence-corrected chi connectivity index (χ1v) is 11.2. The van der Waals surface area contributed by atoms with Crippen LogP contribution in [0, 0.1) is 0 Å². The molecule has 1 N–H and O–H groups in total. The zero-order chi connectivity index (χ0) is 17.0. The molecule has 0 atom stereocenters. The molecule has 0 radical (unpaired) electrons. The molecule has 3 rings (SSSR count). The summed E-state index contributed by atoms with van der Waals surface area (Å²) < 4.78 is 27.9. The minimum absolute atomic E-state index is 0.0556. The maximum Gasteiger partial charge on any atom is 0.215 e. The lowest BCUT2D eigenvalue weighted by molar-refractivity contribution is 0.298. The van der Waals surface area contributed by atoms with E-state index < -0.39 is 10.0 Å². The lowest BCUT2D eigenvalue weighted by Gasteiger charge is -2.36. The molecule has 1 aliphatic carbocycles. The fourth-order valence-corrected chi connectivity index (χ4v) is 5.97. The van der Waals surface area contributed by atoms with Crippen LogP contribution in [0.25, 0.3) is 0 Å². The molecule has 0 spiro atoms. The molecule has 24 heavy (non-hydrogen) atoms. The van der Waals surface area contributed by atoms with Crippen molar-refractivity contribution in [1.29, 1.82) is 0 Å². The summed E-state index contributed by atoms with van der Waals surface area (Å²) in [7, 11) is -3.42. The Morgan fingerprint density at radius 2 is 1.83 bits per heavy atom. The molecule has 1 saturated carbocycles. The zero-order valence-electron chi connectivity index (χ0n) is 13.5. The Labute approximate surface area is 153 Å². The minimum Gasteiger partial charge on any atom is -0.214 e. The van der Waals surface area contributed by atoms with Crippen LogP contribution < -0.4 is 4.72 Å². The van der Waals surface area contributed by atoms with Crippen molar-refractivity contribution in [2.24, 2.45) is 0 Å². The lowest BCUT2D eigenvalue weighted by Crippen LogP contribution is -2.42. The molecule has 1 aromatic carbocycles. The number of thiophene rings is 1. The van der Waals surface area contributed by atoms with Crippen molar-refractivity contribution in [2.75, 3.05) is 6.54 Å². The Hall–Kier alpha value is -0.880. The molecule has 1 heterocycles. The van der Waals surface area contributed by atoms with Gasteiger partial charge in [-0.3, -0.25) is 0 Å². The van der Waals surface area contributed by atoms with Crippen molar-refractivity contribution in [1.82, 2.24) is 4.72 Å². The molecule has 0 unspecified atom stereocenters. The molecule has 1 aromatic heterocycles. The largest absolute Gasteiger partial charge is 0.215 e. The zero-order valence-corrected chi connectivity index (χ0v) is 15.9. The van der Waals surface area contributed by atoms with Crippen LogP contribution in [0.1, 0.15) is 42.5 Å². The third-order valence-electron chi connectivity index (χ3n) is 4.79. The van der Waals surface area contributed by atoms with Gasteiger partial charge >= 0.3 is 0 Å². The Kier molecular flexibility index (Phi) is 5.65. The summed E-state index contributed by atoms with van der Waals surface area (Å²) >= 11 is 7.83. The van der Waals surface area contributed by atoms with Gasteiger partial charge in [0, 0.05) is 21.9 Å². The second-order valence-corrected chi connectivity index (χ2v) is 9.65. The van der Waals surface area contributed by atoms with Gasteiger partial charge in [0.15, 0.2) is 0 Å². The molecule has 130 valence electrons. The van der Waals surface area contributed by atoms with Crippen LogP contribution >= 0.6 is 22.9 Å². The van der Waals surface area contributed by atoms with Gasteiger partial charge < -0.3 is 0 Å². The van der Waals surface area contributed by atoms with Crippen LogP contribution in [0.3, 0.4) is 0 Å². The average molecular weight is 384 g/mol. The second-order valence-electron chi connectivity index (χ2n) is 6.49. The number of sulfonamides is 1. The topological polar surface area (TPSA) is 46.2 Å². The summed E-state index contributed by atoms with van der Waals surface area (Å²) in [4.78, 5) is 1.29. The van der Waals surface area contributed by atoms with Gasteiger partial charge in [0.25, 0.3) is 0 Å². The summed E-state index contributed by atoms with van der Waals surface area (Å²) in [6.45, 7) is 0.473. The summed E-state index contributed by atoms with van der Waals surface area (Å²) in [6, 6.07) is 11.3. The highest BCUT2D eigenvalue weighted by molar-refractivity contribution is 7.88. The number of benzene rings is 1. The number of nitrogens with one attached hydrogen (secondary N) is 1. The van der Waals surface area contributed by atoms with E-state index in [-0.39, 0.29) is 11.2 Å². The standard InChI is InChI=1S/C18H22ClNO2S2/c19-16-8-3-2-7-15(16)13-24(21,22)20-14-18(10-4-1-5-11-18)17-9-6-12-23-17/h2-3,6-9,12,20H,1,4-5,10-11,13-14H2. The Morgan fingerprint density at radius 3 is 2.50 bits per heavy atom. The fourth-order valence-electron chi connectivity index (χ4n) is 3.44. The quantitative estimate of drug-likeness (QED) is 0.784. The molecule has 1 aliphatic rings. The smallest absolute Gasteiger partial charge is 0.214 e. The Bertz CT molecular complexity index is 766. The monoisotopic (exact) mass is 383 g/mol. The van der Waals surface area contributed by atoms with Gasteiger partial charge in [-0.05, 0) is 35.9 Å². The van der Waals surface area contributed by atoms with Crippen molar-refractivity contribution in [2.45, 2.75) is 43.3 Å². The van der Waals surface area contributed by atoms with Crippen LogP contribution in [0.5, 0.6) is 0 Å². The molecule has 6 heteroatoms. The van der Waals surface area contributed by atoms with Gasteiger partial charge in [0.2, 0.25) is 10.0 Å². The number of halogens is 1. The van der Waals surface area contributed by atoms with Crippen LogP contribution in [-0.2, 0) is 21.2 Å². The highest BCUT2D eigenvalue weighted by Gasteiger charge is 2.35. The molecule has 0 saturated heterocycles. The van der Waals surface area contributed by atoms with E-state index in [9.17, 15) is 8.42 Å². The van der Waals surface area contributed by atoms with E-state index in [0.717, 1.165) is 25.7 Å². The minimum atomic E-state index is -3.42. The Morgan fingerprint density at radius 1 is 1.08 bits per heavy atom. The van der Waals surface area contributed by atoms with Crippen LogP contribution in [0.15, 0.2) is 41.8 Å². The molecule has 1 fully saturated rings. The van der Waals surface area contributed by atoms with Crippen molar-refractivity contribution >= 4 is 33.0 Å². The highest BCUT2D eigenvalue weighted by Crippen LogP contribution is 2.41. The predicted molar refractivity (Wildman–Crippen MR) is 101 cm³/mol. The van der Waals surface area contributed by atoms with Crippen molar-refractivity contribution in [3.63, 3.8) is 0 Å². The average Bonchev–Trinajstić information content (AvgIpc) is 3.11. The van der Waals surface area contributed by atoms with Gasteiger partial charge in [-0.25, -0.2) is 13.1 Å². The molecule has 0 bridgehead atoms. The van der Waals surface area contributed by atoms with E-state index in [1.807, 2.05) is 6.07 Å². The van der Waals surface area contributed by atoms with Gasteiger partial charge in [-0.2, -0.15) is 0 Å². The molecular formula is C18H22ClNO2S2. The first-order valence-electron chi connectivity index (χ1n) is 8.26. The molecular weight excluding hydrogens is 362 g/mol. The van der Waals surface area contributed by atoms with Crippen molar-refractivity contribution in [3.8, 4) is 0 Å². The van der Waals surface area contributed by atoms with E-state index in [1.165, 1.54) is 11.3 Å². The SMILES string of the molecule is O=S(=O)(Cc1ccccc1Cl)NCC1(c2cccs2)CCCCC1. The number of hydrogen-bond donors (Lipinski definition) is 1. The van der Waals surface area contributed by atoms with Gasteiger partial charge in [-0.15, -0.1) is 11.3 Å². The number of rotatable bonds is 6. The van der Waals surface area contributed by atoms with Gasteiger partial charge in [-0.1, -0.05) is 55.1 Å². The summed E-state index contributed by atoms with van der Waals surface area (Å²) in [5, 5.41) is 2.57. The predicted octanol–water partition coefficient (Wildman–Crippen LogP) is 4.72. The molecule has 0 aliphatic heterocycles. The third-order valence-corrected chi connectivity index (χ3v) is 7.55. The molecule has 2 aromatic rings. The highest BCUT2D eigenvalue weighted by atomic mass is 35.5. The van der Waals surface area contributed by atoms with Crippen LogP contribution in [0.4, 0.5) is 0 Å². The molecule has 3 nitrogen and oxygen atoms in total. The van der Waals surface area contributed by atoms with Crippen molar-refractivity contribution < 1.29 is 8.42 Å². The fraction of sp³-hybridized carbons (Fsp3) is 0.444. The van der Waals surface area contributed by atoms with E-state index in [1.54, 1.807) is 29.5 Å². The first kappa shape index (κ1) is 17.9. The van der Waals surface area contributed by atoms with Gasteiger partial charge in [0.1, 0.15) is 0 Å². The van der Waals surface area contributed by atoms with E-state index in [4.69, 9.17) is 11.6 Å². The second kappa shape index (κ2) is 7.56. The Balaban J connectivity index is 1.73. The van der Waals surface area contributed by atoms with Gasteiger partial charge in [0.05, 0.1) is 5.75 Å². The van der Waals surface area contributed by atoms with Crippen LogP contribution in [0.2, 0.25) is 5.02 Å². The van der Waals surface area contributed by atoms with E-state index in [2.05, 4.69) is 22.2 Å².